The highest BCUT2D eigenvalue weighted by atomic mass is 35.5. The molecular weight excluding hydrogens is 294 g/mol. The molecule has 0 aliphatic heterocycles. The largest absolute Gasteiger partial charge is 0.490 e. The van der Waals surface area contributed by atoms with E-state index in [-0.39, 0.29) is 23.9 Å². The van der Waals surface area contributed by atoms with Crippen LogP contribution in [0.5, 0.6) is 11.5 Å². The highest BCUT2D eigenvalue weighted by molar-refractivity contribution is 6.17. The number of nitrogens with zero attached hydrogens (tertiary/aromatic N) is 1. The molecule has 0 N–H and O–H groups in total. The first kappa shape index (κ1) is 15.1. The van der Waals surface area contributed by atoms with Crippen molar-refractivity contribution in [2.24, 2.45) is 0 Å². The molecule has 0 saturated carbocycles. The maximum atomic E-state index is 11.0. The van der Waals surface area contributed by atoms with E-state index in [1.807, 2.05) is 30.3 Å². The topological polar surface area (TPSA) is 61.6 Å². The summed E-state index contributed by atoms with van der Waals surface area (Å²) in [5.41, 5.74) is 0.587. The Kier molecular flexibility index (Phi) is 5.40. The molecule has 0 heterocycles. The van der Waals surface area contributed by atoms with Crippen LogP contribution in [-0.2, 0) is 5.88 Å². The van der Waals surface area contributed by atoms with Crippen LogP contribution in [0.4, 0.5) is 5.69 Å². The molecule has 0 aliphatic carbocycles. The minimum absolute atomic E-state index is 0.0899. The minimum Gasteiger partial charge on any atom is -0.490 e. The van der Waals surface area contributed by atoms with Gasteiger partial charge in [-0.2, -0.15) is 0 Å². The van der Waals surface area contributed by atoms with Crippen LogP contribution in [0.2, 0.25) is 0 Å². The fourth-order valence-electron chi connectivity index (χ4n) is 1.74. The predicted octanol–water partition coefficient (Wildman–Crippen LogP) is 3.79. The van der Waals surface area contributed by atoms with Gasteiger partial charge in [-0.1, -0.05) is 24.3 Å². The maximum absolute atomic E-state index is 11.0. The Morgan fingerprint density at radius 2 is 1.76 bits per heavy atom. The summed E-state index contributed by atoms with van der Waals surface area (Å²) in [6, 6.07) is 14.0. The lowest BCUT2D eigenvalue weighted by molar-refractivity contribution is -0.385. The molecule has 2 rings (SSSR count). The molecule has 0 aromatic heterocycles. The van der Waals surface area contributed by atoms with Crippen molar-refractivity contribution in [3.63, 3.8) is 0 Å². The van der Waals surface area contributed by atoms with Crippen molar-refractivity contribution in [1.82, 2.24) is 0 Å². The summed E-state index contributed by atoms with van der Waals surface area (Å²) < 4.78 is 10.9. The van der Waals surface area contributed by atoms with E-state index in [1.165, 1.54) is 6.07 Å². The number of halogens is 1. The Bertz CT molecular complexity index is 604. The van der Waals surface area contributed by atoms with Gasteiger partial charge in [0.1, 0.15) is 19.0 Å². The third-order valence-electron chi connectivity index (χ3n) is 2.73. The lowest BCUT2D eigenvalue weighted by atomic mass is 10.2. The summed E-state index contributed by atoms with van der Waals surface area (Å²) in [6.45, 7) is 0.522. The standard InChI is InChI=1S/C15H14ClNO4/c16-11-12-6-7-15(14(10-12)17(18)19)21-9-8-20-13-4-2-1-3-5-13/h1-7,10H,8-9,11H2. The van der Waals surface area contributed by atoms with E-state index in [9.17, 15) is 10.1 Å². The summed E-state index contributed by atoms with van der Waals surface area (Å²) in [5, 5.41) is 11.0. The average Bonchev–Trinajstić information content (AvgIpc) is 2.52. The molecule has 0 amide bonds. The van der Waals surface area contributed by atoms with Gasteiger partial charge in [-0.15, -0.1) is 11.6 Å². The third kappa shape index (κ3) is 4.36. The van der Waals surface area contributed by atoms with Crippen molar-refractivity contribution < 1.29 is 14.4 Å². The van der Waals surface area contributed by atoms with Gasteiger partial charge in [0, 0.05) is 11.9 Å². The normalized spacial score (nSPS) is 10.1. The van der Waals surface area contributed by atoms with E-state index >= 15 is 0 Å². The summed E-state index contributed by atoms with van der Waals surface area (Å²) in [6.07, 6.45) is 0. The fourth-order valence-corrected chi connectivity index (χ4v) is 1.90. The fraction of sp³-hybridized carbons (Fsp3) is 0.200. The molecule has 5 nitrogen and oxygen atoms in total. The number of benzene rings is 2. The first-order chi connectivity index (χ1) is 10.2. The molecule has 110 valence electrons. The Balaban J connectivity index is 1.92. The summed E-state index contributed by atoms with van der Waals surface area (Å²) in [4.78, 5) is 10.5. The smallest absolute Gasteiger partial charge is 0.311 e. The van der Waals surface area contributed by atoms with Crippen molar-refractivity contribution in [1.29, 1.82) is 0 Å². The number of nitro benzene ring substituents is 1. The monoisotopic (exact) mass is 307 g/mol. The lowest BCUT2D eigenvalue weighted by Gasteiger charge is -2.09. The summed E-state index contributed by atoms with van der Waals surface area (Å²) >= 11 is 5.67. The van der Waals surface area contributed by atoms with Crippen molar-refractivity contribution in [2.75, 3.05) is 13.2 Å². The van der Waals surface area contributed by atoms with Crippen molar-refractivity contribution >= 4 is 17.3 Å². The van der Waals surface area contributed by atoms with E-state index in [0.29, 0.717) is 12.2 Å². The number of alkyl halides is 1. The molecule has 0 fully saturated rings. The molecule has 0 atom stereocenters. The van der Waals surface area contributed by atoms with Gasteiger partial charge in [-0.3, -0.25) is 10.1 Å². The Morgan fingerprint density at radius 1 is 1.05 bits per heavy atom. The number of rotatable bonds is 7. The number of hydrogen-bond acceptors (Lipinski definition) is 4. The summed E-state index contributed by atoms with van der Waals surface area (Å²) in [5.74, 6) is 1.16. The van der Waals surface area contributed by atoms with E-state index in [0.717, 1.165) is 5.75 Å². The van der Waals surface area contributed by atoms with Crippen LogP contribution in [0.1, 0.15) is 5.56 Å². The van der Waals surface area contributed by atoms with Gasteiger partial charge in [-0.25, -0.2) is 0 Å². The highest BCUT2D eigenvalue weighted by Gasteiger charge is 2.15. The van der Waals surface area contributed by atoms with Gasteiger partial charge >= 0.3 is 5.69 Å². The molecule has 0 bridgehead atoms. The number of para-hydroxylation sites is 1. The number of hydrogen-bond donors (Lipinski definition) is 0. The van der Waals surface area contributed by atoms with Crippen LogP contribution in [0.15, 0.2) is 48.5 Å². The second-order valence-electron chi connectivity index (χ2n) is 4.20. The first-order valence-corrected chi connectivity index (χ1v) is 6.88. The summed E-state index contributed by atoms with van der Waals surface area (Å²) in [7, 11) is 0. The van der Waals surface area contributed by atoms with E-state index in [2.05, 4.69) is 0 Å². The zero-order chi connectivity index (χ0) is 15.1. The van der Waals surface area contributed by atoms with Gasteiger partial charge in [0.15, 0.2) is 5.75 Å². The zero-order valence-corrected chi connectivity index (χ0v) is 12.0. The lowest BCUT2D eigenvalue weighted by Crippen LogP contribution is -2.10. The van der Waals surface area contributed by atoms with Crippen LogP contribution < -0.4 is 9.47 Å². The highest BCUT2D eigenvalue weighted by Crippen LogP contribution is 2.28. The quantitative estimate of drug-likeness (QED) is 0.338. The van der Waals surface area contributed by atoms with Crippen LogP contribution in [-0.4, -0.2) is 18.1 Å². The van der Waals surface area contributed by atoms with Crippen molar-refractivity contribution in [3.8, 4) is 11.5 Å². The maximum Gasteiger partial charge on any atom is 0.311 e. The van der Waals surface area contributed by atoms with Gasteiger partial charge in [0.25, 0.3) is 0 Å². The molecule has 0 aliphatic rings. The van der Waals surface area contributed by atoms with Gasteiger partial charge < -0.3 is 9.47 Å². The Morgan fingerprint density at radius 3 is 2.43 bits per heavy atom. The van der Waals surface area contributed by atoms with Crippen LogP contribution in [0, 0.1) is 10.1 Å². The van der Waals surface area contributed by atoms with Gasteiger partial charge in [-0.05, 0) is 23.8 Å². The molecular formula is C15H14ClNO4. The van der Waals surface area contributed by atoms with E-state index < -0.39 is 4.92 Å². The second-order valence-corrected chi connectivity index (χ2v) is 4.47. The molecule has 0 unspecified atom stereocenters. The first-order valence-electron chi connectivity index (χ1n) is 6.34. The molecule has 2 aromatic carbocycles. The molecule has 2 aromatic rings. The molecule has 21 heavy (non-hydrogen) atoms. The molecule has 0 spiro atoms. The average molecular weight is 308 g/mol. The third-order valence-corrected chi connectivity index (χ3v) is 3.04. The van der Waals surface area contributed by atoms with Crippen LogP contribution in [0.25, 0.3) is 0 Å². The number of ether oxygens (including phenoxy) is 2. The van der Waals surface area contributed by atoms with Gasteiger partial charge in [0.2, 0.25) is 0 Å². The van der Waals surface area contributed by atoms with E-state index in [1.54, 1.807) is 12.1 Å². The number of nitro groups is 1. The van der Waals surface area contributed by atoms with Crippen LogP contribution >= 0.6 is 11.6 Å². The Labute approximate surface area is 127 Å². The molecule has 6 heteroatoms. The van der Waals surface area contributed by atoms with Gasteiger partial charge in [0.05, 0.1) is 4.92 Å². The molecule has 0 saturated heterocycles. The van der Waals surface area contributed by atoms with E-state index in [4.69, 9.17) is 21.1 Å². The van der Waals surface area contributed by atoms with Crippen LogP contribution in [0.3, 0.4) is 0 Å². The molecule has 0 radical (unpaired) electrons. The van der Waals surface area contributed by atoms with Crippen molar-refractivity contribution in [2.45, 2.75) is 5.88 Å². The zero-order valence-electron chi connectivity index (χ0n) is 11.2. The minimum atomic E-state index is -0.483. The SMILES string of the molecule is O=[N+]([O-])c1cc(CCl)ccc1OCCOc1ccccc1. The Hall–Kier alpha value is -2.27. The second kappa shape index (κ2) is 7.50. The predicted molar refractivity (Wildman–Crippen MR) is 80.1 cm³/mol. The van der Waals surface area contributed by atoms with Crippen molar-refractivity contribution in [3.05, 3.63) is 64.2 Å².